The van der Waals surface area contributed by atoms with Gasteiger partial charge in [0.05, 0.1) is 10.0 Å². The second-order valence-corrected chi connectivity index (χ2v) is 7.34. The first-order chi connectivity index (χ1) is 10.6. The number of thiazole rings is 1. The lowest BCUT2D eigenvalue weighted by atomic mass is 9.62. The molecule has 0 N–H and O–H groups in total. The summed E-state index contributed by atoms with van der Waals surface area (Å²) < 4.78 is 2.36. The zero-order chi connectivity index (χ0) is 15.7. The van der Waals surface area contributed by atoms with E-state index in [1.807, 2.05) is 12.1 Å². The summed E-state index contributed by atoms with van der Waals surface area (Å²) in [5, 5.41) is 3.54. The fourth-order valence-corrected chi connectivity index (χ4v) is 4.72. The van der Waals surface area contributed by atoms with Crippen molar-refractivity contribution in [3.05, 3.63) is 49.7 Å². The van der Waals surface area contributed by atoms with Crippen LogP contribution in [0.2, 0.25) is 10.0 Å². The summed E-state index contributed by atoms with van der Waals surface area (Å²) in [6, 6.07) is 6.08. The Morgan fingerprint density at radius 1 is 1.23 bits per heavy atom. The van der Waals surface area contributed by atoms with Gasteiger partial charge >= 0.3 is 0 Å². The molecular formula is C17H20Cl2N2S. The second kappa shape index (κ2) is 6.38. The molecule has 1 saturated carbocycles. The van der Waals surface area contributed by atoms with E-state index in [-0.39, 0.29) is 5.41 Å². The van der Waals surface area contributed by atoms with Crippen LogP contribution < -0.4 is 4.80 Å². The summed E-state index contributed by atoms with van der Waals surface area (Å²) in [6.45, 7) is 6.03. The molecule has 2 nitrogen and oxygen atoms in total. The third-order valence-corrected chi connectivity index (χ3v) is 6.22. The summed E-state index contributed by atoms with van der Waals surface area (Å²) in [6.07, 6.45) is 3.57. The van der Waals surface area contributed by atoms with Gasteiger partial charge in [-0.25, -0.2) is 0 Å². The third kappa shape index (κ3) is 2.53. The topological polar surface area (TPSA) is 17.3 Å². The molecule has 0 spiro atoms. The van der Waals surface area contributed by atoms with Crippen molar-refractivity contribution in [1.82, 2.24) is 4.57 Å². The van der Waals surface area contributed by atoms with Crippen LogP contribution in [-0.4, -0.2) is 11.1 Å². The molecule has 2 aromatic rings. The average molecular weight is 355 g/mol. The van der Waals surface area contributed by atoms with E-state index in [1.54, 1.807) is 11.3 Å². The standard InChI is InChI=1S/C17H20Cl2N2S/c1-3-20-16-21(4-2)15(11-22-16)17(8-5-9-17)12-6-7-13(18)14(19)10-12/h6-7,10-11H,3-5,8-9H2,1-2H3. The monoisotopic (exact) mass is 354 g/mol. The van der Waals surface area contributed by atoms with Gasteiger partial charge in [-0.1, -0.05) is 35.7 Å². The van der Waals surface area contributed by atoms with Crippen LogP contribution in [0.5, 0.6) is 0 Å². The maximum absolute atomic E-state index is 6.26. The van der Waals surface area contributed by atoms with Crippen LogP contribution >= 0.6 is 34.5 Å². The van der Waals surface area contributed by atoms with E-state index in [2.05, 4.69) is 34.9 Å². The number of rotatable bonds is 4. The first-order valence-corrected chi connectivity index (χ1v) is 9.40. The normalized spacial score (nSPS) is 17.5. The van der Waals surface area contributed by atoms with Gasteiger partial charge in [0.25, 0.3) is 0 Å². The van der Waals surface area contributed by atoms with E-state index in [0.717, 1.165) is 30.7 Å². The Labute approximate surface area is 145 Å². The predicted octanol–water partition coefficient (Wildman–Crippen LogP) is 5.27. The molecule has 1 fully saturated rings. The predicted molar refractivity (Wildman–Crippen MR) is 95.2 cm³/mol. The highest BCUT2D eigenvalue weighted by atomic mass is 35.5. The van der Waals surface area contributed by atoms with E-state index in [9.17, 15) is 0 Å². The highest BCUT2D eigenvalue weighted by Crippen LogP contribution is 2.49. The fourth-order valence-electron chi connectivity index (χ4n) is 3.29. The van der Waals surface area contributed by atoms with Crippen LogP contribution in [0.15, 0.2) is 28.6 Å². The lowest BCUT2D eigenvalue weighted by Crippen LogP contribution is -2.39. The van der Waals surface area contributed by atoms with E-state index >= 15 is 0 Å². The van der Waals surface area contributed by atoms with E-state index in [0.29, 0.717) is 10.0 Å². The minimum atomic E-state index is 0.0717. The van der Waals surface area contributed by atoms with Gasteiger partial charge in [-0.15, -0.1) is 11.3 Å². The molecule has 118 valence electrons. The Balaban J connectivity index is 2.15. The molecule has 3 rings (SSSR count). The van der Waals surface area contributed by atoms with Gasteiger partial charge in [0, 0.05) is 29.6 Å². The van der Waals surface area contributed by atoms with Crippen LogP contribution in [0.25, 0.3) is 0 Å². The fraction of sp³-hybridized carbons (Fsp3) is 0.471. The number of hydrogen-bond acceptors (Lipinski definition) is 2. The van der Waals surface area contributed by atoms with Crippen molar-refractivity contribution >= 4 is 34.5 Å². The molecule has 1 aromatic heterocycles. The van der Waals surface area contributed by atoms with Crippen LogP contribution in [0.1, 0.15) is 44.4 Å². The first-order valence-electron chi connectivity index (χ1n) is 7.77. The molecule has 0 atom stereocenters. The van der Waals surface area contributed by atoms with Crippen molar-refractivity contribution in [3.8, 4) is 0 Å². The lowest BCUT2D eigenvalue weighted by Gasteiger charge is -2.43. The molecule has 0 amide bonds. The van der Waals surface area contributed by atoms with Crippen LogP contribution in [-0.2, 0) is 12.0 Å². The molecule has 1 aliphatic rings. The largest absolute Gasteiger partial charge is 0.320 e. The maximum atomic E-state index is 6.26. The number of benzene rings is 1. The van der Waals surface area contributed by atoms with Crippen molar-refractivity contribution in [1.29, 1.82) is 0 Å². The smallest absolute Gasteiger partial charge is 0.184 e. The minimum Gasteiger partial charge on any atom is -0.320 e. The quantitative estimate of drug-likeness (QED) is 0.711. The summed E-state index contributed by atoms with van der Waals surface area (Å²) >= 11 is 14.1. The molecule has 0 unspecified atom stereocenters. The Morgan fingerprint density at radius 2 is 2.00 bits per heavy atom. The summed E-state index contributed by atoms with van der Waals surface area (Å²) in [5.41, 5.74) is 2.72. The van der Waals surface area contributed by atoms with Crippen molar-refractivity contribution < 1.29 is 0 Å². The minimum absolute atomic E-state index is 0.0717. The molecule has 1 heterocycles. The van der Waals surface area contributed by atoms with Gasteiger partial charge in [-0.3, -0.25) is 4.99 Å². The van der Waals surface area contributed by atoms with Gasteiger partial charge in [0.1, 0.15) is 0 Å². The zero-order valence-corrected chi connectivity index (χ0v) is 15.2. The summed E-state index contributed by atoms with van der Waals surface area (Å²) in [5.74, 6) is 0. The molecule has 1 aliphatic carbocycles. The van der Waals surface area contributed by atoms with Crippen LogP contribution in [0, 0.1) is 0 Å². The zero-order valence-electron chi connectivity index (χ0n) is 12.9. The van der Waals surface area contributed by atoms with Crippen LogP contribution in [0.4, 0.5) is 0 Å². The number of halogens is 2. The highest BCUT2D eigenvalue weighted by Gasteiger charge is 2.42. The number of hydrogen-bond donors (Lipinski definition) is 0. The molecule has 0 bridgehead atoms. The molecule has 0 aliphatic heterocycles. The lowest BCUT2D eigenvalue weighted by molar-refractivity contribution is 0.283. The Bertz CT molecular complexity index is 741. The third-order valence-electron chi connectivity index (χ3n) is 4.58. The molecule has 0 radical (unpaired) electrons. The average Bonchev–Trinajstić information content (AvgIpc) is 2.85. The van der Waals surface area contributed by atoms with Crippen molar-refractivity contribution in [3.63, 3.8) is 0 Å². The highest BCUT2D eigenvalue weighted by molar-refractivity contribution is 7.07. The van der Waals surface area contributed by atoms with Gasteiger partial charge in [0.15, 0.2) is 4.80 Å². The SMILES string of the molecule is CCN=c1scc(C2(c3ccc(Cl)c(Cl)c3)CCC2)n1CC. The van der Waals surface area contributed by atoms with Gasteiger partial charge in [0.2, 0.25) is 0 Å². The van der Waals surface area contributed by atoms with Gasteiger partial charge < -0.3 is 4.57 Å². The second-order valence-electron chi connectivity index (χ2n) is 5.69. The Kier molecular flexibility index (Phi) is 4.67. The van der Waals surface area contributed by atoms with Crippen molar-refractivity contribution in [2.75, 3.05) is 6.54 Å². The number of aromatic nitrogens is 1. The first kappa shape index (κ1) is 16.1. The molecule has 5 heteroatoms. The molecule has 1 aromatic carbocycles. The van der Waals surface area contributed by atoms with E-state index in [4.69, 9.17) is 23.2 Å². The van der Waals surface area contributed by atoms with E-state index in [1.165, 1.54) is 17.7 Å². The van der Waals surface area contributed by atoms with Crippen molar-refractivity contribution in [2.24, 2.45) is 4.99 Å². The molecular weight excluding hydrogens is 335 g/mol. The Morgan fingerprint density at radius 3 is 2.55 bits per heavy atom. The molecule has 0 saturated heterocycles. The number of nitrogens with zero attached hydrogens (tertiary/aromatic N) is 2. The summed E-state index contributed by atoms with van der Waals surface area (Å²) in [4.78, 5) is 5.75. The van der Waals surface area contributed by atoms with Crippen molar-refractivity contribution in [2.45, 2.75) is 45.1 Å². The van der Waals surface area contributed by atoms with Gasteiger partial charge in [-0.2, -0.15) is 0 Å². The molecule has 22 heavy (non-hydrogen) atoms. The maximum Gasteiger partial charge on any atom is 0.184 e. The Hall–Kier alpha value is -0.770. The van der Waals surface area contributed by atoms with Gasteiger partial charge in [-0.05, 0) is 44.4 Å². The van der Waals surface area contributed by atoms with Crippen LogP contribution in [0.3, 0.4) is 0 Å². The van der Waals surface area contributed by atoms with E-state index < -0.39 is 0 Å². The summed E-state index contributed by atoms with van der Waals surface area (Å²) in [7, 11) is 0.